The Kier molecular flexibility index (Phi) is 3.57. The molecule has 7 nitrogen and oxygen atoms in total. The number of hydrogen-bond acceptors (Lipinski definition) is 5. The molecule has 1 amide bonds. The second-order valence-electron chi connectivity index (χ2n) is 4.68. The summed E-state index contributed by atoms with van der Waals surface area (Å²) in [6.45, 7) is 5.46. The Morgan fingerprint density at radius 3 is 2.58 bits per heavy atom. The summed E-state index contributed by atoms with van der Waals surface area (Å²) in [7, 11) is 0. The van der Waals surface area contributed by atoms with Crippen molar-refractivity contribution in [2.45, 2.75) is 33.0 Å². The quantitative estimate of drug-likeness (QED) is 0.844. The van der Waals surface area contributed by atoms with Crippen molar-refractivity contribution in [1.82, 2.24) is 10.1 Å². The maximum Gasteiger partial charge on any atom is 0.334 e. The van der Waals surface area contributed by atoms with E-state index in [1.165, 1.54) is 4.90 Å². The molecular formula is C12H16N2O5. The first-order valence-corrected chi connectivity index (χ1v) is 6.00. The van der Waals surface area contributed by atoms with Gasteiger partial charge in [-0.05, 0) is 20.8 Å². The van der Waals surface area contributed by atoms with E-state index < -0.39 is 12.1 Å². The van der Waals surface area contributed by atoms with Crippen LogP contribution < -0.4 is 0 Å². The number of aromatic nitrogens is 1. The average molecular weight is 268 g/mol. The largest absolute Gasteiger partial charge is 0.479 e. The summed E-state index contributed by atoms with van der Waals surface area (Å²) >= 11 is 0. The summed E-state index contributed by atoms with van der Waals surface area (Å²) in [5, 5.41) is 12.7. The van der Waals surface area contributed by atoms with E-state index in [0.717, 1.165) is 0 Å². The maximum absolute atomic E-state index is 12.4. The molecule has 0 aromatic carbocycles. The Morgan fingerprint density at radius 1 is 1.37 bits per heavy atom. The van der Waals surface area contributed by atoms with Crippen LogP contribution in [0.15, 0.2) is 4.52 Å². The maximum atomic E-state index is 12.4. The molecule has 0 aliphatic carbocycles. The van der Waals surface area contributed by atoms with Crippen molar-refractivity contribution in [1.29, 1.82) is 0 Å². The number of nitrogens with zero attached hydrogens (tertiary/aromatic N) is 2. The fourth-order valence-corrected chi connectivity index (χ4v) is 2.20. The van der Waals surface area contributed by atoms with Gasteiger partial charge in [-0.15, -0.1) is 0 Å². The molecule has 0 spiro atoms. The molecule has 2 heterocycles. The number of aryl methyl sites for hydroxylation is 2. The lowest BCUT2D eigenvalue weighted by Gasteiger charge is -2.34. The zero-order valence-electron chi connectivity index (χ0n) is 11.0. The van der Waals surface area contributed by atoms with E-state index in [9.17, 15) is 9.59 Å². The second-order valence-corrected chi connectivity index (χ2v) is 4.68. The van der Waals surface area contributed by atoms with E-state index in [-0.39, 0.29) is 18.6 Å². The first kappa shape index (κ1) is 13.5. The number of aliphatic carboxylic acids is 1. The van der Waals surface area contributed by atoms with Crippen LogP contribution in [0.3, 0.4) is 0 Å². The summed E-state index contributed by atoms with van der Waals surface area (Å²) in [6.07, 6.45) is -1.31. The predicted octanol–water partition coefficient (Wildman–Crippen LogP) is 0.606. The molecule has 0 unspecified atom stereocenters. The van der Waals surface area contributed by atoms with E-state index in [4.69, 9.17) is 14.4 Å². The molecule has 0 bridgehead atoms. The van der Waals surface area contributed by atoms with Gasteiger partial charge in [0.05, 0.1) is 18.3 Å². The Balaban J connectivity index is 2.21. The molecule has 0 radical (unpaired) electrons. The molecule has 1 aliphatic rings. The third kappa shape index (κ3) is 2.60. The highest BCUT2D eigenvalue weighted by atomic mass is 16.5. The lowest BCUT2D eigenvalue weighted by molar-refractivity contribution is -0.160. The smallest absolute Gasteiger partial charge is 0.334 e. The minimum absolute atomic E-state index is 0.0303. The molecule has 1 fully saturated rings. The zero-order valence-corrected chi connectivity index (χ0v) is 11.0. The minimum Gasteiger partial charge on any atom is -0.479 e. The minimum atomic E-state index is -1.07. The Hall–Kier alpha value is -1.89. The SMILES string of the molecule is Cc1noc(C)c1C(=O)N1C[C@@H](C)O[C@@H](C(=O)O)C1. The van der Waals surface area contributed by atoms with Gasteiger partial charge < -0.3 is 19.3 Å². The first-order chi connectivity index (χ1) is 8.90. The number of carbonyl (C=O) groups excluding carboxylic acids is 1. The molecule has 104 valence electrons. The van der Waals surface area contributed by atoms with Gasteiger partial charge >= 0.3 is 5.97 Å². The zero-order chi connectivity index (χ0) is 14.2. The number of morpholine rings is 1. The van der Waals surface area contributed by atoms with Gasteiger partial charge in [0.15, 0.2) is 6.10 Å². The van der Waals surface area contributed by atoms with Crippen molar-refractivity contribution < 1.29 is 24.0 Å². The van der Waals surface area contributed by atoms with Crippen LogP contribution in [0, 0.1) is 13.8 Å². The molecule has 19 heavy (non-hydrogen) atoms. The molecule has 7 heteroatoms. The summed E-state index contributed by atoms with van der Waals surface area (Å²) in [4.78, 5) is 24.9. The van der Waals surface area contributed by atoms with Gasteiger partial charge in [0, 0.05) is 6.54 Å². The summed E-state index contributed by atoms with van der Waals surface area (Å²) in [6, 6.07) is 0. The van der Waals surface area contributed by atoms with Crippen molar-refractivity contribution in [3.63, 3.8) is 0 Å². The Bertz CT molecular complexity index is 491. The van der Waals surface area contributed by atoms with Gasteiger partial charge in [0.25, 0.3) is 5.91 Å². The number of hydrogen-bond donors (Lipinski definition) is 1. The van der Waals surface area contributed by atoms with Crippen molar-refractivity contribution in [2.24, 2.45) is 0 Å². The lowest BCUT2D eigenvalue weighted by Crippen LogP contribution is -2.51. The number of carboxylic acids is 1. The Morgan fingerprint density at radius 2 is 2.05 bits per heavy atom. The van der Waals surface area contributed by atoms with Crippen LogP contribution in [0.5, 0.6) is 0 Å². The predicted molar refractivity (Wildman–Crippen MR) is 63.9 cm³/mol. The van der Waals surface area contributed by atoms with E-state index >= 15 is 0 Å². The van der Waals surface area contributed by atoms with Crippen LogP contribution >= 0.6 is 0 Å². The molecule has 1 N–H and O–H groups in total. The van der Waals surface area contributed by atoms with Crippen molar-refractivity contribution in [2.75, 3.05) is 13.1 Å². The lowest BCUT2D eigenvalue weighted by atomic mass is 10.1. The van der Waals surface area contributed by atoms with Gasteiger partial charge in [0.2, 0.25) is 0 Å². The standard InChI is InChI=1S/C12H16N2O5/c1-6-4-14(5-9(18-6)12(16)17)11(15)10-7(2)13-19-8(10)3/h6,9H,4-5H2,1-3H3,(H,16,17)/t6-,9-/m1/s1. The fourth-order valence-electron chi connectivity index (χ4n) is 2.20. The summed E-state index contributed by atoms with van der Waals surface area (Å²) in [5.74, 6) is -0.894. The molecule has 2 atom stereocenters. The van der Waals surface area contributed by atoms with E-state index in [1.54, 1.807) is 20.8 Å². The average Bonchev–Trinajstić information content (AvgIpc) is 2.67. The van der Waals surface area contributed by atoms with Crippen LogP contribution in [-0.2, 0) is 9.53 Å². The highest BCUT2D eigenvalue weighted by Crippen LogP contribution is 2.19. The number of amides is 1. The highest BCUT2D eigenvalue weighted by Gasteiger charge is 2.34. The van der Waals surface area contributed by atoms with Crippen LogP contribution in [0.2, 0.25) is 0 Å². The van der Waals surface area contributed by atoms with Crippen molar-refractivity contribution in [3.05, 3.63) is 17.0 Å². The molecular weight excluding hydrogens is 252 g/mol. The highest BCUT2D eigenvalue weighted by molar-refractivity contribution is 5.96. The fraction of sp³-hybridized carbons (Fsp3) is 0.583. The number of rotatable bonds is 2. The Labute approximate surface area is 110 Å². The third-order valence-electron chi connectivity index (χ3n) is 3.07. The summed E-state index contributed by atoms with van der Waals surface area (Å²) < 4.78 is 10.2. The molecule has 1 aliphatic heterocycles. The van der Waals surface area contributed by atoms with E-state index in [2.05, 4.69) is 5.16 Å². The van der Waals surface area contributed by atoms with Gasteiger partial charge in [-0.1, -0.05) is 5.16 Å². The van der Waals surface area contributed by atoms with Crippen LogP contribution in [0.1, 0.15) is 28.7 Å². The van der Waals surface area contributed by atoms with E-state index in [0.29, 0.717) is 23.6 Å². The summed E-state index contributed by atoms with van der Waals surface area (Å²) in [5.41, 5.74) is 0.909. The number of carbonyl (C=O) groups is 2. The van der Waals surface area contributed by atoms with Crippen molar-refractivity contribution >= 4 is 11.9 Å². The van der Waals surface area contributed by atoms with Gasteiger partial charge in [0.1, 0.15) is 11.3 Å². The van der Waals surface area contributed by atoms with Crippen LogP contribution in [-0.4, -0.2) is 52.3 Å². The molecule has 2 rings (SSSR count). The van der Waals surface area contributed by atoms with Crippen molar-refractivity contribution in [3.8, 4) is 0 Å². The van der Waals surface area contributed by atoms with Gasteiger partial charge in [-0.2, -0.15) is 0 Å². The van der Waals surface area contributed by atoms with Crippen LogP contribution in [0.4, 0.5) is 0 Å². The van der Waals surface area contributed by atoms with Gasteiger partial charge in [-0.25, -0.2) is 4.79 Å². The number of ether oxygens (including phenoxy) is 1. The van der Waals surface area contributed by atoms with E-state index in [1.807, 2.05) is 0 Å². The topological polar surface area (TPSA) is 92.9 Å². The van der Waals surface area contributed by atoms with Crippen LogP contribution in [0.25, 0.3) is 0 Å². The second kappa shape index (κ2) is 5.00. The molecule has 0 saturated carbocycles. The van der Waals surface area contributed by atoms with Gasteiger partial charge in [-0.3, -0.25) is 4.79 Å². The normalized spacial score (nSPS) is 23.4. The molecule has 1 aromatic rings. The third-order valence-corrected chi connectivity index (χ3v) is 3.07. The first-order valence-electron chi connectivity index (χ1n) is 6.00. The monoisotopic (exact) mass is 268 g/mol. The molecule has 1 aromatic heterocycles. The molecule has 1 saturated heterocycles. The number of carboxylic acid groups (broad SMARTS) is 1.